The summed E-state index contributed by atoms with van der Waals surface area (Å²) in [6.45, 7) is 5.61. The smallest absolute Gasteiger partial charge is 0.312 e. The maximum Gasteiger partial charge on any atom is 0.312 e. The molecule has 3 aliphatic heterocycles. The minimum atomic E-state index is -0.667. The van der Waals surface area contributed by atoms with Gasteiger partial charge in [0.05, 0.1) is 25.2 Å². The van der Waals surface area contributed by atoms with Crippen molar-refractivity contribution < 1.29 is 19.1 Å². The van der Waals surface area contributed by atoms with Gasteiger partial charge in [-0.1, -0.05) is 61.7 Å². The highest BCUT2D eigenvalue weighted by molar-refractivity contribution is 5.91. The Morgan fingerprint density at radius 2 is 2.07 bits per heavy atom. The van der Waals surface area contributed by atoms with E-state index < -0.39 is 17.4 Å². The first-order valence-electron chi connectivity index (χ1n) is 9.92. The van der Waals surface area contributed by atoms with Gasteiger partial charge in [0.25, 0.3) is 0 Å². The van der Waals surface area contributed by atoms with Crippen molar-refractivity contribution >= 4 is 11.9 Å². The van der Waals surface area contributed by atoms with Crippen molar-refractivity contribution in [3.8, 4) is 0 Å². The highest BCUT2D eigenvalue weighted by Gasteiger charge is 2.67. The molecule has 4 atom stereocenters. The normalized spacial score (nSPS) is 30.8. The van der Waals surface area contributed by atoms with E-state index in [1.54, 1.807) is 0 Å². The Hall–Kier alpha value is -2.14. The standard InChI is InChI=1S/C22H27NO4/c1-3-4-5-12-26-21(25)18-17-10-11-22(27-17)14-23(20(24)19(18)22)13-16-8-6-15(2)7-9-16/h6-11,17-19H,3-5,12-14H2,1-2H3/t17-,18+,19-,22-/m0/s1. The monoisotopic (exact) mass is 369 g/mol. The molecule has 1 aromatic rings. The zero-order valence-electron chi connectivity index (χ0n) is 16.0. The molecule has 0 unspecified atom stereocenters. The number of benzene rings is 1. The number of likely N-dealkylation sites (tertiary alicyclic amines) is 1. The molecule has 0 aromatic heterocycles. The van der Waals surface area contributed by atoms with Gasteiger partial charge in [0.1, 0.15) is 11.5 Å². The predicted octanol–water partition coefficient (Wildman–Crippen LogP) is 3.01. The van der Waals surface area contributed by atoms with Crippen LogP contribution < -0.4 is 0 Å². The molecule has 0 radical (unpaired) electrons. The lowest BCUT2D eigenvalue weighted by Gasteiger charge is -2.22. The van der Waals surface area contributed by atoms with Crippen LogP contribution in [0.1, 0.15) is 37.3 Å². The van der Waals surface area contributed by atoms with Crippen LogP contribution in [-0.2, 0) is 25.6 Å². The molecule has 27 heavy (non-hydrogen) atoms. The molecule has 2 saturated heterocycles. The van der Waals surface area contributed by atoms with Crippen LogP contribution in [0.25, 0.3) is 0 Å². The number of carbonyl (C=O) groups is 2. The van der Waals surface area contributed by atoms with E-state index >= 15 is 0 Å². The number of unbranched alkanes of at least 4 members (excludes halogenated alkanes) is 2. The summed E-state index contributed by atoms with van der Waals surface area (Å²) in [6.07, 6.45) is 6.55. The molecular formula is C22H27NO4. The highest BCUT2D eigenvalue weighted by atomic mass is 16.6. The summed E-state index contributed by atoms with van der Waals surface area (Å²) in [5.74, 6) is -1.28. The fourth-order valence-corrected chi connectivity index (χ4v) is 4.52. The van der Waals surface area contributed by atoms with Crippen LogP contribution in [0.15, 0.2) is 36.4 Å². The molecule has 3 aliphatic rings. The molecule has 0 aliphatic carbocycles. The van der Waals surface area contributed by atoms with Gasteiger partial charge in [-0.15, -0.1) is 0 Å². The highest BCUT2D eigenvalue weighted by Crippen LogP contribution is 2.52. The van der Waals surface area contributed by atoms with Crippen LogP contribution in [0.2, 0.25) is 0 Å². The van der Waals surface area contributed by atoms with E-state index in [0.29, 0.717) is 19.7 Å². The second-order valence-electron chi connectivity index (χ2n) is 7.95. The van der Waals surface area contributed by atoms with Crippen LogP contribution in [0, 0.1) is 18.8 Å². The molecule has 0 N–H and O–H groups in total. The first-order chi connectivity index (χ1) is 13.0. The summed E-state index contributed by atoms with van der Waals surface area (Å²) >= 11 is 0. The number of amides is 1. The minimum Gasteiger partial charge on any atom is -0.465 e. The van der Waals surface area contributed by atoms with Crippen molar-refractivity contribution in [2.24, 2.45) is 11.8 Å². The Balaban J connectivity index is 1.47. The largest absolute Gasteiger partial charge is 0.465 e. The maximum atomic E-state index is 13.1. The van der Waals surface area contributed by atoms with E-state index in [2.05, 4.69) is 6.92 Å². The van der Waals surface area contributed by atoms with Crippen molar-refractivity contribution in [3.63, 3.8) is 0 Å². The summed E-state index contributed by atoms with van der Waals surface area (Å²) in [4.78, 5) is 27.6. The van der Waals surface area contributed by atoms with E-state index in [4.69, 9.17) is 9.47 Å². The molecule has 1 amide bonds. The van der Waals surface area contributed by atoms with Crippen molar-refractivity contribution in [1.82, 2.24) is 4.90 Å². The second-order valence-corrected chi connectivity index (χ2v) is 7.95. The van der Waals surface area contributed by atoms with Gasteiger partial charge in [0.2, 0.25) is 5.91 Å². The van der Waals surface area contributed by atoms with E-state index in [0.717, 1.165) is 24.8 Å². The number of hydrogen-bond donors (Lipinski definition) is 0. The Kier molecular flexibility index (Phi) is 4.81. The number of aryl methyl sites for hydroxylation is 1. The molecular weight excluding hydrogens is 342 g/mol. The SMILES string of the molecule is CCCCCOC(=O)[C@@H]1[C@@H]2C=C[C@@]3(CN(Cc4ccc(C)cc4)C(=O)[C@H]13)O2. The molecule has 1 spiro atoms. The van der Waals surface area contributed by atoms with Gasteiger partial charge in [-0.25, -0.2) is 0 Å². The molecule has 1 aromatic carbocycles. The quantitative estimate of drug-likeness (QED) is 0.421. The van der Waals surface area contributed by atoms with Crippen LogP contribution in [-0.4, -0.2) is 41.6 Å². The summed E-state index contributed by atoms with van der Waals surface area (Å²) in [5, 5.41) is 0. The zero-order chi connectivity index (χ0) is 19.0. The number of esters is 1. The fraction of sp³-hybridized carbons (Fsp3) is 0.545. The van der Waals surface area contributed by atoms with Crippen LogP contribution >= 0.6 is 0 Å². The number of nitrogens with zero attached hydrogens (tertiary/aromatic N) is 1. The fourth-order valence-electron chi connectivity index (χ4n) is 4.52. The molecule has 5 heteroatoms. The number of carbonyl (C=O) groups excluding carboxylic acids is 2. The molecule has 2 fully saturated rings. The Labute approximate surface area is 160 Å². The van der Waals surface area contributed by atoms with Gasteiger partial charge < -0.3 is 14.4 Å². The molecule has 3 heterocycles. The van der Waals surface area contributed by atoms with Gasteiger partial charge in [-0.2, -0.15) is 0 Å². The number of rotatable bonds is 7. The number of hydrogen-bond acceptors (Lipinski definition) is 4. The third-order valence-corrected chi connectivity index (χ3v) is 5.94. The van der Waals surface area contributed by atoms with Crippen LogP contribution in [0.5, 0.6) is 0 Å². The van der Waals surface area contributed by atoms with Crippen molar-refractivity contribution in [2.75, 3.05) is 13.2 Å². The van der Waals surface area contributed by atoms with E-state index in [9.17, 15) is 9.59 Å². The zero-order valence-corrected chi connectivity index (χ0v) is 16.0. The lowest BCUT2D eigenvalue weighted by atomic mass is 9.77. The first kappa shape index (κ1) is 18.2. The maximum absolute atomic E-state index is 13.1. The lowest BCUT2D eigenvalue weighted by molar-refractivity contribution is -0.154. The van der Waals surface area contributed by atoms with Crippen LogP contribution in [0.4, 0.5) is 0 Å². The summed E-state index contributed by atoms with van der Waals surface area (Å²) < 4.78 is 11.6. The third kappa shape index (κ3) is 3.18. The topological polar surface area (TPSA) is 55.8 Å². The molecule has 144 valence electrons. The van der Waals surface area contributed by atoms with Crippen molar-refractivity contribution in [3.05, 3.63) is 47.5 Å². The van der Waals surface area contributed by atoms with Gasteiger partial charge in [0.15, 0.2) is 0 Å². The Bertz CT molecular complexity index is 756. The summed E-state index contributed by atoms with van der Waals surface area (Å²) in [7, 11) is 0. The predicted molar refractivity (Wildman–Crippen MR) is 101 cm³/mol. The van der Waals surface area contributed by atoms with E-state index in [-0.39, 0.29) is 18.0 Å². The molecule has 5 nitrogen and oxygen atoms in total. The Morgan fingerprint density at radius 3 is 2.81 bits per heavy atom. The van der Waals surface area contributed by atoms with Gasteiger partial charge in [-0.05, 0) is 18.9 Å². The summed E-state index contributed by atoms with van der Waals surface area (Å²) in [6, 6.07) is 8.19. The minimum absolute atomic E-state index is 0.00191. The van der Waals surface area contributed by atoms with Crippen molar-refractivity contribution in [1.29, 1.82) is 0 Å². The van der Waals surface area contributed by atoms with Gasteiger partial charge >= 0.3 is 5.97 Å². The molecule has 2 bridgehead atoms. The lowest BCUT2D eigenvalue weighted by Crippen LogP contribution is -2.40. The van der Waals surface area contributed by atoms with Gasteiger partial charge in [-0.3, -0.25) is 9.59 Å². The molecule has 4 rings (SSSR count). The summed E-state index contributed by atoms with van der Waals surface area (Å²) in [5.41, 5.74) is 1.61. The third-order valence-electron chi connectivity index (χ3n) is 5.94. The second kappa shape index (κ2) is 7.12. The van der Waals surface area contributed by atoms with E-state index in [1.165, 1.54) is 5.56 Å². The number of ether oxygens (including phenoxy) is 2. The van der Waals surface area contributed by atoms with Gasteiger partial charge in [0, 0.05) is 6.54 Å². The van der Waals surface area contributed by atoms with Crippen molar-refractivity contribution in [2.45, 2.75) is 51.4 Å². The van der Waals surface area contributed by atoms with Crippen LogP contribution in [0.3, 0.4) is 0 Å². The molecule has 0 saturated carbocycles. The van der Waals surface area contributed by atoms with E-state index in [1.807, 2.05) is 48.2 Å². The first-order valence-corrected chi connectivity index (χ1v) is 9.92. The Morgan fingerprint density at radius 1 is 1.30 bits per heavy atom. The number of fused-ring (bicyclic) bond motifs is 1. The average molecular weight is 369 g/mol. The average Bonchev–Trinajstić information content (AvgIpc) is 3.29.